The molecule has 1 saturated carbocycles. The van der Waals surface area contributed by atoms with Crippen molar-refractivity contribution in [3.8, 4) is 5.75 Å². The summed E-state index contributed by atoms with van der Waals surface area (Å²) in [5.74, 6) is 2.57. The summed E-state index contributed by atoms with van der Waals surface area (Å²) in [6, 6.07) is 8.82. The van der Waals surface area contributed by atoms with Crippen LogP contribution in [0, 0.1) is 17.8 Å². The quantitative estimate of drug-likeness (QED) is 0.632. The van der Waals surface area contributed by atoms with Gasteiger partial charge >= 0.3 is 0 Å². The van der Waals surface area contributed by atoms with E-state index in [4.69, 9.17) is 4.52 Å². The van der Waals surface area contributed by atoms with Crippen LogP contribution < -0.4 is 10.6 Å². The zero-order valence-corrected chi connectivity index (χ0v) is 17.6. The molecule has 2 heterocycles. The predicted molar refractivity (Wildman–Crippen MR) is 116 cm³/mol. The minimum atomic E-state index is -0.00404. The number of nitrogens with one attached hydrogen (secondary N) is 2. The molecule has 2 aromatic rings. The molecular weight excluding hydrogens is 378 g/mol. The van der Waals surface area contributed by atoms with Crippen LogP contribution in [0.2, 0.25) is 0 Å². The lowest BCUT2D eigenvalue weighted by Crippen LogP contribution is -2.39. The van der Waals surface area contributed by atoms with E-state index < -0.39 is 0 Å². The second kappa shape index (κ2) is 10.1. The molecule has 2 aliphatic rings. The summed E-state index contributed by atoms with van der Waals surface area (Å²) in [4.78, 5) is 12.6. The Hall–Kier alpha value is -2.34. The molecule has 0 bridgehead atoms. The van der Waals surface area contributed by atoms with Gasteiger partial charge in [0, 0.05) is 30.7 Å². The fourth-order valence-electron chi connectivity index (χ4n) is 5.01. The number of benzene rings is 1. The Labute approximate surface area is 178 Å². The fourth-order valence-corrected chi connectivity index (χ4v) is 5.01. The van der Waals surface area contributed by atoms with Crippen LogP contribution in [0.15, 0.2) is 34.9 Å². The molecular formula is C24H33N3O3. The lowest BCUT2D eigenvalue weighted by molar-refractivity contribution is -0.117. The number of aromatic nitrogens is 1. The van der Waals surface area contributed by atoms with Gasteiger partial charge in [0.1, 0.15) is 11.5 Å². The Morgan fingerprint density at radius 3 is 2.83 bits per heavy atom. The highest BCUT2D eigenvalue weighted by molar-refractivity contribution is 5.91. The van der Waals surface area contributed by atoms with Crippen LogP contribution in [0.25, 0.3) is 0 Å². The summed E-state index contributed by atoms with van der Waals surface area (Å²) in [6.45, 7) is 1.83. The van der Waals surface area contributed by atoms with Crippen molar-refractivity contribution >= 4 is 11.6 Å². The zero-order valence-electron chi connectivity index (χ0n) is 17.6. The molecule has 1 aromatic carbocycles. The van der Waals surface area contributed by atoms with Gasteiger partial charge in [-0.05, 0) is 55.8 Å². The van der Waals surface area contributed by atoms with Gasteiger partial charge in [-0.1, -0.05) is 43.3 Å². The van der Waals surface area contributed by atoms with Gasteiger partial charge in [-0.3, -0.25) is 4.79 Å². The molecule has 1 amide bonds. The Kier molecular flexibility index (Phi) is 7.05. The van der Waals surface area contributed by atoms with Crippen LogP contribution >= 0.6 is 0 Å². The molecule has 0 spiro atoms. The highest BCUT2D eigenvalue weighted by Crippen LogP contribution is 2.29. The monoisotopic (exact) mass is 411 g/mol. The molecule has 0 unspecified atom stereocenters. The van der Waals surface area contributed by atoms with E-state index in [0.717, 1.165) is 49.7 Å². The molecule has 3 N–H and O–H groups in total. The number of phenolic OH excluding ortho intramolecular Hbond substituents is 1. The molecule has 1 aliphatic carbocycles. The molecule has 30 heavy (non-hydrogen) atoms. The lowest BCUT2D eigenvalue weighted by Gasteiger charge is -2.31. The van der Waals surface area contributed by atoms with Crippen LogP contribution in [0.3, 0.4) is 0 Å². The summed E-state index contributed by atoms with van der Waals surface area (Å²) >= 11 is 0. The topological polar surface area (TPSA) is 87.4 Å². The van der Waals surface area contributed by atoms with Crippen molar-refractivity contribution in [3.05, 3.63) is 41.8 Å². The third kappa shape index (κ3) is 5.85. The Morgan fingerprint density at radius 1 is 1.13 bits per heavy atom. The minimum absolute atomic E-state index is 0.00404. The smallest absolute Gasteiger partial charge is 0.224 e. The van der Waals surface area contributed by atoms with Crippen LogP contribution in [0.1, 0.15) is 56.4 Å². The molecule has 0 radical (unpaired) electrons. The van der Waals surface area contributed by atoms with Crippen molar-refractivity contribution in [2.24, 2.45) is 17.8 Å². The number of rotatable bonds is 7. The molecule has 162 valence electrons. The first kappa shape index (κ1) is 20.9. The van der Waals surface area contributed by atoms with Crippen LogP contribution in [-0.4, -0.2) is 29.3 Å². The SMILES string of the molecule is O=C(C[C@H]1CCNC[C@@H]1Cc1cc(CC2CCCCC2)on1)Nc1cccc(O)c1. The van der Waals surface area contributed by atoms with Crippen LogP contribution in [0.4, 0.5) is 5.69 Å². The highest BCUT2D eigenvalue weighted by Gasteiger charge is 2.28. The van der Waals surface area contributed by atoms with Crippen molar-refractivity contribution in [1.82, 2.24) is 10.5 Å². The third-order valence-electron chi connectivity index (χ3n) is 6.64. The van der Waals surface area contributed by atoms with Gasteiger partial charge in [-0.25, -0.2) is 0 Å². The highest BCUT2D eigenvalue weighted by atomic mass is 16.5. The molecule has 2 fully saturated rings. The summed E-state index contributed by atoms with van der Waals surface area (Å²) in [5.41, 5.74) is 1.64. The maximum Gasteiger partial charge on any atom is 0.224 e. The van der Waals surface area contributed by atoms with Crippen molar-refractivity contribution in [3.63, 3.8) is 0 Å². The molecule has 1 saturated heterocycles. The van der Waals surface area contributed by atoms with E-state index in [-0.39, 0.29) is 11.7 Å². The number of amides is 1. The van der Waals surface area contributed by atoms with Crippen LogP contribution in [0.5, 0.6) is 5.75 Å². The lowest BCUT2D eigenvalue weighted by atomic mass is 9.81. The number of phenols is 1. The number of nitrogens with zero attached hydrogens (tertiary/aromatic N) is 1. The van der Waals surface area contributed by atoms with E-state index in [0.29, 0.717) is 23.9 Å². The Balaban J connectivity index is 1.31. The number of carbonyl (C=O) groups is 1. The standard InChI is InChI=1S/C24H33N3O3/c28-22-8-4-7-20(14-22)26-24(29)13-18-9-10-25-16-19(18)12-21-15-23(30-27-21)11-17-5-2-1-3-6-17/h4,7-8,14-15,17-19,25,28H,1-3,5-6,9-13,16H2,(H,26,29)/t18-,19+/m1/s1. The summed E-state index contributed by atoms with van der Waals surface area (Å²) in [5, 5.41) is 20.3. The molecule has 4 rings (SSSR count). The minimum Gasteiger partial charge on any atom is -0.508 e. The second-order valence-corrected chi connectivity index (χ2v) is 9.01. The van der Waals surface area contributed by atoms with Crippen molar-refractivity contribution in [1.29, 1.82) is 0 Å². The zero-order chi connectivity index (χ0) is 20.8. The molecule has 6 nitrogen and oxygen atoms in total. The largest absolute Gasteiger partial charge is 0.508 e. The van der Waals surface area contributed by atoms with E-state index in [1.165, 1.54) is 32.1 Å². The molecule has 1 aliphatic heterocycles. The number of hydrogen-bond donors (Lipinski definition) is 3. The number of hydrogen-bond acceptors (Lipinski definition) is 5. The average Bonchev–Trinajstić information content (AvgIpc) is 3.17. The van der Waals surface area contributed by atoms with Gasteiger partial charge in [0.25, 0.3) is 0 Å². The molecule has 1 aromatic heterocycles. The van der Waals surface area contributed by atoms with Crippen molar-refractivity contribution in [2.75, 3.05) is 18.4 Å². The Morgan fingerprint density at radius 2 is 2.00 bits per heavy atom. The molecule has 2 atom stereocenters. The number of carbonyl (C=O) groups excluding carboxylic acids is 1. The van der Waals surface area contributed by atoms with E-state index in [1.807, 2.05) is 0 Å². The van der Waals surface area contributed by atoms with Gasteiger partial charge in [0.2, 0.25) is 5.91 Å². The van der Waals surface area contributed by atoms with Gasteiger partial charge in [0.15, 0.2) is 0 Å². The number of aromatic hydroxyl groups is 1. The van der Waals surface area contributed by atoms with Gasteiger partial charge in [0.05, 0.1) is 5.69 Å². The van der Waals surface area contributed by atoms with Crippen molar-refractivity contribution in [2.45, 2.75) is 57.8 Å². The van der Waals surface area contributed by atoms with E-state index in [2.05, 4.69) is 21.9 Å². The third-order valence-corrected chi connectivity index (χ3v) is 6.64. The van der Waals surface area contributed by atoms with Crippen molar-refractivity contribution < 1.29 is 14.4 Å². The summed E-state index contributed by atoms with van der Waals surface area (Å²) < 4.78 is 5.64. The maximum absolute atomic E-state index is 12.6. The normalized spacial score (nSPS) is 22.7. The van der Waals surface area contributed by atoms with Crippen LogP contribution in [-0.2, 0) is 17.6 Å². The van der Waals surface area contributed by atoms with Gasteiger partial charge in [-0.2, -0.15) is 0 Å². The first-order valence-corrected chi connectivity index (χ1v) is 11.4. The second-order valence-electron chi connectivity index (χ2n) is 9.01. The number of piperidine rings is 1. The average molecular weight is 412 g/mol. The number of anilines is 1. The molecule has 6 heteroatoms. The predicted octanol–water partition coefficient (Wildman–Crippen LogP) is 4.30. The summed E-state index contributed by atoms with van der Waals surface area (Å²) in [7, 11) is 0. The maximum atomic E-state index is 12.6. The summed E-state index contributed by atoms with van der Waals surface area (Å²) in [6.07, 6.45) is 9.96. The van der Waals surface area contributed by atoms with E-state index >= 15 is 0 Å². The van der Waals surface area contributed by atoms with Gasteiger partial charge in [-0.15, -0.1) is 0 Å². The first-order valence-electron chi connectivity index (χ1n) is 11.4. The Bertz CT molecular complexity index is 829. The first-order chi connectivity index (χ1) is 14.7. The van der Waals surface area contributed by atoms with E-state index in [1.54, 1.807) is 24.3 Å². The van der Waals surface area contributed by atoms with E-state index in [9.17, 15) is 9.90 Å². The van der Waals surface area contributed by atoms with Gasteiger partial charge < -0.3 is 20.3 Å². The fraction of sp³-hybridized carbons (Fsp3) is 0.583.